The molecule has 1 atom stereocenters. The summed E-state index contributed by atoms with van der Waals surface area (Å²) in [5.41, 5.74) is 8.04. The number of hydrogen-bond acceptors (Lipinski definition) is 2. The summed E-state index contributed by atoms with van der Waals surface area (Å²) in [7, 11) is 0. The first kappa shape index (κ1) is 8.60. The summed E-state index contributed by atoms with van der Waals surface area (Å²) in [6.45, 7) is 4.37. The molecule has 3 heteroatoms. The molecule has 2 N–H and O–H groups in total. The van der Waals surface area contributed by atoms with Gasteiger partial charge in [-0.05, 0) is 26.2 Å². The fraction of sp³-hybridized carbons (Fsp3) is 0.700. The topological polar surface area (TPSA) is 43.8 Å². The van der Waals surface area contributed by atoms with Crippen LogP contribution in [-0.2, 0) is 0 Å². The largest absolute Gasteiger partial charge is 0.396 e. The number of anilines is 1. The maximum absolute atomic E-state index is 5.89. The molecule has 3 nitrogen and oxygen atoms in total. The predicted molar refractivity (Wildman–Crippen MR) is 53.6 cm³/mol. The third kappa shape index (κ3) is 1.43. The van der Waals surface area contributed by atoms with Gasteiger partial charge in [-0.25, -0.2) is 0 Å². The van der Waals surface area contributed by atoms with Crippen LogP contribution in [0.15, 0.2) is 6.20 Å². The van der Waals surface area contributed by atoms with E-state index in [1.807, 2.05) is 0 Å². The van der Waals surface area contributed by atoms with Crippen molar-refractivity contribution in [1.82, 2.24) is 9.78 Å². The van der Waals surface area contributed by atoms with Crippen molar-refractivity contribution in [3.8, 4) is 0 Å². The zero-order valence-electron chi connectivity index (χ0n) is 8.33. The summed E-state index contributed by atoms with van der Waals surface area (Å²) in [5.74, 6) is 0.691. The summed E-state index contributed by atoms with van der Waals surface area (Å²) in [6.07, 6.45) is 5.47. The van der Waals surface area contributed by atoms with E-state index in [2.05, 4.69) is 23.6 Å². The highest BCUT2D eigenvalue weighted by Gasteiger charge is 2.30. The molecule has 13 heavy (non-hydrogen) atoms. The maximum Gasteiger partial charge on any atom is 0.0736 e. The zero-order valence-corrected chi connectivity index (χ0v) is 8.33. The Balaban J connectivity index is 2.33. The Hall–Kier alpha value is -0.990. The van der Waals surface area contributed by atoms with Crippen molar-refractivity contribution in [1.29, 1.82) is 0 Å². The minimum atomic E-state index is 0.480. The number of nitrogens with zero attached hydrogens (tertiary/aromatic N) is 2. The van der Waals surface area contributed by atoms with Crippen LogP contribution < -0.4 is 5.73 Å². The molecule has 72 valence electrons. The molecule has 0 spiro atoms. The molecule has 1 fully saturated rings. The molecule has 1 aliphatic carbocycles. The van der Waals surface area contributed by atoms with Gasteiger partial charge in [0.2, 0.25) is 0 Å². The fourth-order valence-corrected chi connectivity index (χ4v) is 1.69. The highest BCUT2D eigenvalue weighted by Crippen LogP contribution is 2.43. The second kappa shape index (κ2) is 3.05. The van der Waals surface area contributed by atoms with Gasteiger partial charge >= 0.3 is 0 Å². The molecule has 0 radical (unpaired) electrons. The van der Waals surface area contributed by atoms with Crippen LogP contribution in [0.3, 0.4) is 0 Å². The number of rotatable bonds is 3. The van der Waals surface area contributed by atoms with Crippen LogP contribution in [0.5, 0.6) is 0 Å². The van der Waals surface area contributed by atoms with E-state index in [0.717, 1.165) is 12.1 Å². The van der Waals surface area contributed by atoms with Gasteiger partial charge in [0.1, 0.15) is 0 Å². The Morgan fingerprint density at radius 2 is 2.38 bits per heavy atom. The molecule has 2 rings (SSSR count). The number of hydrogen-bond donors (Lipinski definition) is 1. The second-order valence-electron chi connectivity index (χ2n) is 3.96. The summed E-state index contributed by atoms with van der Waals surface area (Å²) in [4.78, 5) is 0. The van der Waals surface area contributed by atoms with Crippen molar-refractivity contribution in [3.05, 3.63) is 11.9 Å². The minimum Gasteiger partial charge on any atom is -0.396 e. The van der Waals surface area contributed by atoms with Crippen molar-refractivity contribution < 1.29 is 0 Å². The number of nitrogens with two attached hydrogens (primary N) is 1. The lowest BCUT2D eigenvalue weighted by molar-refractivity contribution is 0.461. The van der Waals surface area contributed by atoms with Gasteiger partial charge in [0.25, 0.3) is 0 Å². The summed E-state index contributed by atoms with van der Waals surface area (Å²) in [5, 5.41) is 4.34. The van der Waals surface area contributed by atoms with Gasteiger partial charge in [0.05, 0.1) is 17.6 Å². The van der Waals surface area contributed by atoms with Crippen LogP contribution in [0.25, 0.3) is 0 Å². The van der Waals surface area contributed by atoms with E-state index >= 15 is 0 Å². The Kier molecular flexibility index (Phi) is 2.02. The van der Waals surface area contributed by atoms with Crippen molar-refractivity contribution in [2.75, 3.05) is 5.73 Å². The summed E-state index contributed by atoms with van der Waals surface area (Å²) < 4.78 is 2.10. The van der Waals surface area contributed by atoms with Gasteiger partial charge < -0.3 is 5.73 Å². The van der Waals surface area contributed by atoms with E-state index in [1.54, 1.807) is 6.20 Å². The van der Waals surface area contributed by atoms with E-state index < -0.39 is 0 Å². The Morgan fingerprint density at radius 3 is 2.92 bits per heavy atom. The van der Waals surface area contributed by atoms with Crippen LogP contribution in [0.1, 0.15) is 50.8 Å². The molecule has 1 heterocycles. The van der Waals surface area contributed by atoms with Crippen molar-refractivity contribution >= 4 is 5.69 Å². The molecule has 1 aromatic rings. The third-order valence-corrected chi connectivity index (χ3v) is 2.84. The molecular formula is C10H17N3. The molecule has 1 aliphatic rings. The smallest absolute Gasteiger partial charge is 0.0736 e. The van der Waals surface area contributed by atoms with Crippen molar-refractivity contribution in [2.24, 2.45) is 0 Å². The van der Waals surface area contributed by atoms with Crippen LogP contribution in [0.4, 0.5) is 5.69 Å². The minimum absolute atomic E-state index is 0.480. The normalized spacial score (nSPS) is 18.9. The third-order valence-electron chi connectivity index (χ3n) is 2.84. The lowest BCUT2D eigenvalue weighted by Crippen LogP contribution is -2.09. The van der Waals surface area contributed by atoms with Gasteiger partial charge in [0, 0.05) is 12.0 Å². The van der Waals surface area contributed by atoms with Crippen molar-refractivity contribution in [3.63, 3.8) is 0 Å². The Morgan fingerprint density at radius 1 is 1.69 bits per heavy atom. The fourth-order valence-electron chi connectivity index (χ4n) is 1.69. The lowest BCUT2D eigenvalue weighted by atomic mass is 10.2. The SMILES string of the molecule is CC[C@@H](C)n1ncc(N)c1C1CC1. The standard InChI is InChI=1S/C10H17N3/c1-3-7(2)13-10(8-4-5-8)9(11)6-12-13/h6-8H,3-5,11H2,1-2H3/t7-/m1/s1. The van der Waals surface area contributed by atoms with Crippen molar-refractivity contribution in [2.45, 2.75) is 45.1 Å². The quantitative estimate of drug-likeness (QED) is 0.773. The average Bonchev–Trinajstić information content (AvgIpc) is 2.89. The average molecular weight is 179 g/mol. The van der Waals surface area contributed by atoms with E-state index in [0.29, 0.717) is 12.0 Å². The lowest BCUT2D eigenvalue weighted by Gasteiger charge is -2.13. The molecule has 1 aromatic heterocycles. The van der Waals surface area contributed by atoms with Crippen LogP contribution in [0, 0.1) is 0 Å². The Labute approximate surface area is 78.9 Å². The van der Waals surface area contributed by atoms with Gasteiger partial charge in [-0.2, -0.15) is 5.10 Å². The van der Waals surface area contributed by atoms with Crippen LogP contribution in [0.2, 0.25) is 0 Å². The first-order chi connectivity index (χ1) is 6.24. The van der Waals surface area contributed by atoms with E-state index in [1.165, 1.54) is 18.5 Å². The second-order valence-corrected chi connectivity index (χ2v) is 3.96. The molecular weight excluding hydrogens is 162 g/mol. The highest BCUT2D eigenvalue weighted by molar-refractivity contribution is 5.45. The molecule has 0 saturated heterocycles. The Bertz CT molecular complexity index is 299. The zero-order chi connectivity index (χ0) is 9.42. The first-order valence-corrected chi connectivity index (χ1v) is 5.07. The highest BCUT2D eigenvalue weighted by atomic mass is 15.3. The molecule has 0 aromatic carbocycles. The maximum atomic E-state index is 5.89. The predicted octanol–water partition coefficient (Wildman–Crippen LogP) is 2.31. The van der Waals surface area contributed by atoms with Gasteiger partial charge in [-0.15, -0.1) is 0 Å². The van der Waals surface area contributed by atoms with E-state index in [9.17, 15) is 0 Å². The van der Waals surface area contributed by atoms with E-state index in [-0.39, 0.29) is 0 Å². The van der Waals surface area contributed by atoms with Crippen LogP contribution in [-0.4, -0.2) is 9.78 Å². The summed E-state index contributed by atoms with van der Waals surface area (Å²) >= 11 is 0. The van der Waals surface area contributed by atoms with Gasteiger partial charge in [-0.3, -0.25) is 4.68 Å². The van der Waals surface area contributed by atoms with Gasteiger partial charge in [-0.1, -0.05) is 6.92 Å². The monoisotopic (exact) mass is 179 g/mol. The molecule has 0 bridgehead atoms. The van der Waals surface area contributed by atoms with Crippen LogP contribution >= 0.6 is 0 Å². The number of nitrogen functional groups attached to an aromatic ring is 1. The molecule has 0 amide bonds. The number of aromatic nitrogens is 2. The molecule has 0 aliphatic heterocycles. The molecule has 0 unspecified atom stereocenters. The summed E-state index contributed by atoms with van der Waals surface area (Å²) in [6, 6.07) is 0.480. The first-order valence-electron chi connectivity index (χ1n) is 5.07. The van der Waals surface area contributed by atoms with E-state index in [4.69, 9.17) is 5.73 Å². The molecule has 1 saturated carbocycles. The van der Waals surface area contributed by atoms with Gasteiger partial charge in [0.15, 0.2) is 0 Å².